The normalized spacial score (nSPS) is 28.2. The highest BCUT2D eigenvalue weighted by atomic mass is 32.1. The summed E-state index contributed by atoms with van der Waals surface area (Å²) in [4.78, 5) is 4.08. The molecule has 1 aromatic rings. The Bertz CT molecular complexity index is 366. The van der Waals surface area contributed by atoms with Gasteiger partial charge in [0.05, 0.1) is 12.7 Å². The lowest BCUT2D eigenvalue weighted by Crippen LogP contribution is -2.54. The van der Waals surface area contributed by atoms with Crippen LogP contribution in [-0.4, -0.2) is 43.3 Å². The molecule has 0 spiro atoms. The first kappa shape index (κ1) is 13.6. The third kappa shape index (κ3) is 3.57. The average Bonchev–Trinajstić information content (AvgIpc) is 2.97. The van der Waals surface area contributed by atoms with Gasteiger partial charge in [0.25, 0.3) is 0 Å². The summed E-state index contributed by atoms with van der Waals surface area (Å²) in [5.41, 5.74) is 0. The van der Waals surface area contributed by atoms with Gasteiger partial charge in [-0.1, -0.05) is 18.9 Å². The third-order valence-electron chi connectivity index (χ3n) is 4.30. The van der Waals surface area contributed by atoms with Crippen molar-refractivity contribution in [3.63, 3.8) is 0 Å². The zero-order valence-corrected chi connectivity index (χ0v) is 12.3. The van der Waals surface area contributed by atoms with Gasteiger partial charge in [-0.2, -0.15) is 0 Å². The Balaban J connectivity index is 1.41. The number of hydrogen-bond acceptors (Lipinski definition) is 4. The molecule has 19 heavy (non-hydrogen) atoms. The smallest absolute Gasteiger partial charge is 0.0730 e. The Hall–Kier alpha value is -0.420. The molecule has 1 aromatic heterocycles. The standard InChI is InChI=1S/C15H24N2OS/c1-2-6-15-14(5-1)17(9-10-18-15)8-7-16-12-13-4-3-11-19-13/h3-4,11,14-16H,1-2,5-10,12H2. The van der Waals surface area contributed by atoms with Gasteiger partial charge in [-0.3, -0.25) is 4.90 Å². The predicted octanol–water partition coefficient (Wildman–Crippen LogP) is 2.48. The van der Waals surface area contributed by atoms with Crippen LogP contribution < -0.4 is 5.32 Å². The minimum absolute atomic E-state index is 0.514. The van der Waals surface area contributed by atoms with Crippen molar-refractivity contribution < 1.29 is 4.74 Å². The molecule has 2 unspecified atom stereocenters. The quantitative estimate of drug-likeness (QED) is 0.839. The second-order valence-corrected chi connectivity index (χ2v) is 6.59. The molecule has 1 saturated carbocycles. The maximum atomic E-state index is 5.92. The van der Waals surface area contributed by atoms with Gasteiger partial charge in [-0.05, 0) is 24.3 Å². The fraction of sp³-hybridized carbons (Fsp3) is 0.733. The van der Waals surface area contributed by atoms with Crippen LogP contribution in [0, 0.1) is 0 Å². The van der Waals surface area contributed by atoms with Gasteiger partial charge < -0.3 is 10.1 Å². The molecule has 4 heteroatoms. The van der Waals surface area contributed by atoms with Gasteiger partial charge in [0.1, 0.15) is 0 Å². The monoisotopic (exact) mass is 280 g/mol. The fourth-order valence-corrected chi connectivity index (χ4v) is 3.98. The lowest BCUT2D eigenvalue weighted by Gasteiger charge is -2.43. The molecule has 1 N–H and O–H groups in total. The van der Waals surface area contributed by atoms with Crippen LogP contribution in [-0.2, 0) is 11.3 Å². The van der Waals surface area contributed by atoms with Crippen molar-refractivity contribution in [2.45, 2.75) is 44.4 Å². The van der Waals surface area contributed by atoms with Gasteiger partial charge in [0.2, 0.25) is 0 Å². The molecule has 0 amide bonds. The summed E-state index contributed by atoms with van der Waals surface area (Å²) in [6.45, 7) is 5.29. The number of nitrogens with zero attached hydrogens (tertiary/aromatic N) is 1. The summed E-state index contributed by atoms with van der Waals surface area (Å²) < 4.78 is 5.92. The van der Waals surface area contributed by atoms with Crippen molar-refractivity contribution in [1.29, 1.82) is 0 Å². The van der Waals surface area contributed by atoms with Crippen LogP contribution in [0.1, 0.15) is 30.6 Å². The van der Waals surface area contributed by atoms with Crippen molar-refractivity contribution in [1.82, 2.24) is 10.2 Å². The molecule has 3 rings (SSSR count). The lowest BCUT2D eigenvalue weighted by molar-refractivity contribution is -0.0873. The molecule has 0 aromatic carbocycles. The fourth-order valence-electron chi connectivity index (χ4n) is 3.30. The van der Waals surface area contributed by atoms with Crippen LogP contribution in [0.4, 0.5) is 0 Å². The Labute approximate surface area is 119 Å². The van der Waals surface area contributed by atoms with Gasteiger partial charge in [-0.15, -0.1) is 11.3 Å². The molecule has 2 fully saturated rings. The van der Waals surface area contributed by atoms with Crippen molar-refractivity contribution in [3.8, 4) is 0 Å². The van der Waals surface area contributed by atoms with E-state index in [0.717, 1.165) is 32.8 Å². The molecule has 0 radical (unpaired) electrons. The van der Waals surface area contributed by atoms with Crippen LogP contribution in [0.3, 0.4) is 0 Å². The Morgan fingerprint density at radius 1 is 1.37 bits per heavy atom. The molecule has 2 atom stereocenters. The van der Waals surface area contributed by atoms with Crippen LogP contribution in [0.25, 0.3) is 0 Å². The molecular formula is C15H24N2OS. The number of morpholine rings is 1. The topological polar surface area (TPSA) is 24.5 Å². The van der Waals surface area contributed by atoms with E-state index < -0.39 is 0 Å². The average molecular weight is 280 g/mol. The Morgan fingerprint density at radius 3 is 3.21 bits per heavy atom. The number of hydrogen-bond donors (Lipinski definition) is 1. The molecule has 106 valence electrons. The number of thiophene rings is 1. The van der Waals surface area contributed by atoms with Gasteiger partial charge in [0, 0.05) is 37.1 Å². The Kier molecular flexibility index (Phi) is 4.88. The number of nitrogens with one attached hydrogen (secondary N) is 1. The van der Waals surface area contributed by atoms with Crippen molar-refractivity contribution in [3.05, 3.63) is 22.4 Å². The highest BCUT2D eigenvalue weighted by Crippen LogP contribution is 2.27. The van der Waals surface area contributed by atoms with Crippen molar-refractivity contribution >= 4 is 11.3 Å². The van der Waals surface area contributed by atoms with E-state index in [0.29, 0.717) is 12.1 Å². The zero-order chi connectivity index (χ0) is 12.9. The van der Waals surface area contributed by atoms with E-state index in [1.54, 1.807) is 0 Å². The van der Waals surface area contributed by atoms with E-state index in [-0.39, 0.29) is 0 Å². The summed E-state index contributed by atoms with van der Waals surface area (Å²) >= 11 is 1.83. The van der Waals surface area contributed by atoms with Crippen LogP contribution in [0.15, 0.2) is 17.5 Å². The van der Waals surface area contributed by atoms with Gasteiger partial charge >= 0.3 is 0 Å². The molecule has 1 aliphatic heterocycles. The van der Waals surface area contributed by atoms with Crippen molar-refractivity contribution in [2.75, 3.05) is 26.2 Å². The summed E-state index contributed by atoms with van der Waals surface area (Å²) in [6, 6.07) is 5.01. The second kappa shape index (κ2) is 6.84. The third-order valence-corrected chi connectivity index (χ3v) is 5.18. The van der Waals surface area contributed by atoms with E-state index in [9.17, 15) is 0 Å². The predicted molar refractivity (Wildman–Crippen MR) is 79.6 cm³/mol. The number of fused-ring (bicyclic) bond motifs is 1. The van der Waals surface area contributed by atoms with Crippen molar-refractivity contribution in [2.24, 2.45) is 0 Å². The molecular weight excluding hydrogens is 256 g/mol. The summed E-state index contributed by atoms with van der Waals surface area (Å²) in [6.07, 6.45) is 5.84. The minimum Gasteiger partial charge on any atom is -0.375 e. The van der Waals surface area contributed by atoms with Crippen LogP contribution >= 0.6 is 11.3 Å². The zero-order valence-electron chi connectivity index (χ0n) is 11.5. The van der Waals surface area contributed by atoms with E-state index in [1.165, 1.54) is 30.6 Å². The summed E-state index contributed by atoms with van der Waals surface area (Å²) in [5, 5.41) is 5.70. The van der Waals surface area contributed by atoms with E-state index in [4.69, 9.17) is 4.74 Å². The second-order valence-electron chi connectivity index (χ2n) is 5.55. The highest BCUT2D eigenvalue weighted by Gasteiger charge is 2.33. The van der Waals surface area contributed by atoms with E-state index in [2.05, 4.69) is 27.7 Å². The lowest BCUT2D eigenvalue weighted by atomic mass is 9.90. The molecule has 1 aliphatic carbocycles. The maximum absolute atomic E-state index is 5.92. The molecule has 2 aliphatic rings. The van der Waals surface area contributed by atoms with E-state index in [1.807, 2.05) is 11.3 Å². The van der Waals surface area contributed by atoms with Gasteiger partial charge in [-0.25, -0.2) is 0 Å². The first-order chi connectivity index (χ1) is 9.43. The first-order valence-corrected chi connectivity index (χ1v) is 8.40. The van der Waals surface area contributed by atoms with E-state index >= 15 is 0 Å². The first-order valence-electron chi connectivity index (χ1n) is 7.52. The highest BCUT2D eigenvalue weighted by molar-refractivity contribution is 7.09. The van der Waals surface area contributed by atoms with Gasteiger partial charge in [0.15, 0.2) is 0 Å². The SMILES string of the molecule is c1csc(CNCCN2CCOC3CCCCC32)c1. The summed E-state index contributed by atoms with van der Waals surface area (Å²) in [5.74, 6) is 0. The Morgan fingerprint density at radius 2 is 2.32 bits per heavy atom. The molecule has 3 nitrogen and oxygen atoms in total. The maximum Gasteiger partial charge on any atom is 0.0730 e. The minimum atomic E-state index is 0.514. The number of rotatable bonds is 5. The van der Waals surface area contributed by atoms with Crippen LogP contribution in [0.2, 0.25) is 0 Å². The molecule has 1 saturated heterocycles. The largest absolute Gasteiger partial charge is 0.375 e. The molecule has 2 heterocycles. The number of ether oxygens (including phenoxy) is 1. The molecule has 0 bridgehead atoms. The van der Waals surface area contributed by atoms with Crippen LogP contribution in [0.5, 0.6) is 0 Å². The summed E-state index contributed by atoms with van der Waals surface area (Å²) in [7, 11) is 0.